The molecule has 0 spiro atoms. The van der Waals surface area contributed by atoms with Crippen molar-refractivity contribution in [2.24, 2.45) is 0 Å². The number of aliphatic carboxylic acids is 1. The minimum absolute atomic E-state index is 0.00416. The number of benzene rings is 2. The van der Waals surface area contributed by atoms with Crippen LogP contribution in [-0.4, -0.2) is 11.1 Å². The molecule has 24 heavy (non-hydrogen) atoms. The van der Waals surface area contributed by atoms with Gasteiger partial charge in [0.25, 0.3) is 0 Å². The number of rotatable bonds is 5. The van der Waals surface area contributed by atoms with Crippen molar-refractivity contribution >= 4 is 16.9 Å². The SMILES string of the molecule is Cc1cc(=O)oc2cc(OCc3ccc(CC(=O)O)cc3)ccc12. The van der Waals surface area contributed by atoms with Gasteiger partial charge in [-0.3, -0.25) is 4.79 Å². The summed E-state index contributed by atoms with van der Waals surface area (Å²) in [5.41, 5.74) is 2.64. The van der Waals surface area contributed by atoms with Crippen molar-refractivity contribution in [2.45, 2.75) is 20.0 Å². The van der Waals surface area contributed by atoms with E-state index >= 15 is 0 Å². The average Bonchev–Trinajstić information content (AvgIpc) is 2.53. The number of fused-ring (bicyclic) bond motifs is 1. The quantitative estimate of drug-likeness (QED) is 0.729. The van der Waals surface area contributed by atoms with Crippen LogP contribution in [-0.2, 0) is 17.8 Å². The lowest BCUT2D eigenvalue weighted by Crippen LogP contribution is -2.01. The lowest BCUT2D eigenvalue weighted by molar-refractivity contribution is -0.136. The van der Waals surface area contributed by atoms with Crippen molar-refractivity contribution in [3.63, 3.8) is 0 Å². The van der Waals surface area contributed by atoms with Gasteiger partial charge >= 0.3 is 11.6 Å². The molecule has 0 saturated heterocycles. The summed E-state index contributed by atoms with van der Waals surface area (Å²) in [7, 11) is 0. The van der Waals surface area contributed by atoms with Gasteiger partial charge in [0.2, 0.25) is 0 Å². The first-order chi connectivity index (χ1) is 11.5. The number of carbonyl (C=O) groups is 1. The predicted octanol–water partition coefficient (Wildman–Crippen LogP) is 3.31. The second-order valence-electron chi connectivity index (χ2n) is 5.58. The van der Waals surface area contributed by atoms with Crippen molar-refractivity contribution in [2.75, 3.05) is 0 Å². The molecular weight excluding hydrogens is 308 g/mol. The van der Waals surface area contributed by atoms with Crippen LogP contribution in [0.4, 0.5) is 0 Å². The van der Waals surface area contributed by atoms with Gasteiger partial charge in [-0.2, -0.15) is 0 Å². The molecule has 0 amide bonds. The maximum absolute atomic E-state index is 11.5. The second kappa shape index (κ2) is 6.58. The minimum Gasteiger partial charge on any atom is -0.489 e. The Bertz CT molecular complexity index is 938. The van der Waals surface area contributed by atoms with Crippen molar-refractivity contribution in [3.05, 3.63) is 75.6 Å². The number of hydrogen-bond donors (Lipinski definition) is 1. The fourth-order valence-corrected chi connectivity index (χ4v) is 2.49. The number of carboxylic acid groups (broad SMARTS) is 1. The second-order valence-corrected chi connectivity index (χ2v) is 5.58. The molecule has 0 atom stereocenters. The molecule has 0 unspecified atom stereocenters. The summed E-state index contributed by atoms with van der Waals surface area (Å²) in [6, 6.07) is 14.1. The van der Waals surface area contributed by atoms with Crippen LogP contribution in [0.5, 0.6) is 5.75 Å². The molecule has 0 aliphatic carbocycles. The van der Waals surface area contributed by atoms with E-state index in [9.17, 15) is 9.59 Å². The Hall–Kier alpha value is -3.08. The number of aryl methyl sites for hydroxylation is 1. The Kier molecular flexibility index (Phi) is 4.33. The van der Waals surface area contributed by atoms with Gasteiger partial charge in [0.1, 0.15) is 17.9 Å². The third-order valence-corrected chi connectivity index (χ3v) is 3.71. The molecule has 3 rings (SSSR count). The van der Waals surface area contributed by atoms with Gasteiger partial charge in [-0.25, -0.2) is 4.79 Å². The molecule has 0 aliphatic rings. The standard InChI is InChI=1S/C19H16O5/c1-12-8-19(22)24-17-10-15(6-7-16(12)17)23-11-14-4-2-13(3-5-14)9-18(20)21/h2-8,10H,9,11H2,1H3,(H,20,21). The van der Waals surface area contributed by atoms with E-state index in [-0.39, 0.29) is 12.0 Å². The molecule has 5 nitrogen and oxygen atoms in total. The number of ether oxygens (including phenoxy) is 1. The smallest absolute Gasteiger partial charge is 0.336 e. The van der Waals surface area contributed by atoms with Gasteiger partial charge in [0.15, 0.2) is 0 Å². The van der Waals surface area contributed by atoms with Crippen molar-refractivity contribution in [1.82, 2.24) is 0 Å². The predicted molar refractivity (Wildman–Crippen MR) is 89.3 cm³/mol. The highest BCUT2D eigenvalue weighted by atomic mass is 16.5. The van der Waals surface area contributed by atoms with Crippen LogP contribution in [0.25, 0.3) is 11.0 Å². The normalized spacial score (nSPS) is 10.7. The van der Waals surface area contributed by atoms with E-state index in [1.54, 1.807) is 18.2 Å². The molecule has 3 aromatic rings. The summed E-state index contributed by atoms with van der Waals surface area (Å²) < 4.78 is 10.9. The first-order valence-corrected chi connectivity index (χ1v) is 7.48. The highest BCUT2D eigenvalue weighted by molar-refractivity contribution is 5.81. The van der Waals surface area contributed by atoms with Gasteiger partial charge in [0.05, 0.1) is 6.42 Å². The molecule has 1 N–H and O–H groups in total. The Labute approximate surface area is 138 Å². The number of carboxylic acids is 1. The van der Waals surface area contributed by atoms with Crippen LogP contribution in [0.2, 0.25) is 0 Å². The van der Waals surface area contributed by atoms with E-state index in [4.69, 9.17) is 14.3 Å². The van der Waals surface area contributed by atoms with E-state index in [1.807, 2.05) is 31.2 Å². The molecule has 2 aromatic carbocycles. The van der Waals surface area contributed by atoms with Crippen LogP contribution < -0.4 is 10.4 Å². The molecule has 5 heteroatoms. The van der Waals surface area contributed by atoms with E-state index in [0.717, 1.165) is 22.1 Å². The van der Waals surface area contributed by atoms with Gasteiger partial charge in [-0.1, -0.05) is 24.3 Å². The van der Waals surface area contributed by atoms with Gasteiger partial charge < -0.3 is 14.3 Å². The summed E-state index contributed by atoms with van der Waals surface area (Å²) in [5.74, 6) is -0.252. The summed E-state index contributed by atoms with van der Waals surface area (Å²) >= 11 is 0. The van der Waals surface area contributed by atoms with E-state index in [2.05, 4.69) is 0 Å². The molecule has 1 aromatic heterocycles. The number of hydrogen-bond acceptors (Lipinski definition) is 4. The van der Waals surface area contributed by atoms with E-state index in [1.165, 1.54) is 6.07 Å². The van der Waals surface area contributed by atoms with Crippen LogP contribution >= 0.6 is 0 Å². The summed E-state index contributed by atoms with van der Waals surface area (Å²) in [6.07, 6.45) is 0.00416. The largest absolute Gasteiger partial charge is 0.489 e. The highest BCUT2D eigenvalue weighted by Crippen LogP contribution is 2.23. The fraction of sp³-hybridized carbons (Fsp3) is 0.158. The Morgan fingerprint density at radius 2 is 1.79 bits per heavy atom. The average molecular weight is 324 g/mol. The third-order valence-electron chi connectivity index (χ3n) is 3.71. The van der Waals surface area contributed by atoms with Gasteiger partial charge in [-0.05, 0) is 35.7 Å². The first kappa shape index (κ1) is 15.8. The molecular formula is C19H16O5. The topological polar surface area (TPSA) is 76.7 Å². The van der Waals surface area contributed by atoms with Crippen LogP contribution in [0.3, 0.4) is 0 Å². The molecule has 1 heterocycles. The zero-order chi connectivity index (χ0) is 17.1. The maximum atomic E-state index is 11.5. The van der Waals surface area contributed by atoms with Crippen LogP contribution in [0.1, 0.15) is 16.7 Å². The monoisotopic (exact) mass is 324 g/mol. The summed E-state index contributed by atoms with van der Waals surface area (Å²) in [4.78, 5) is 22.1. The molecule has 0 fully saturated rings. The minimum atomic E-state index is -0.855. The molecule has 122 valence electrons. The van der Waals surface area contributed by atoms with Gasteiger partial charge in [-0.15, -0.1) is 0 Å². The lowest BCUT2D eigenvalue weighted by atomic mass is 10.1. The summed E-state index contributed by atoms with van der Waals surface area (Å²) in [5, 5.41) is 9.63. The molecule has 0 radical (unpaired) electrons. The zero-order valence-corrected chi connectivity index (χ0v) is 13.1. The first-order valence-electron chi connectivity index (χ1n) is 7.48. The van der Waals surface area contributed by atoms with E-state index < -0.39 is 5.97 Å². The van der Waals surface area contributed by atoms with Crippen LogP contribution in [0, 0.1) is 6.92 Å². The molecule has 0 aliphatic heterocycles. The Morgan fingerprint density at radius 1 is 1.08 bits per heavy atom. The fourth-order valence-electron chi connectivity index (χ4n) is 2.49. The maximum Gasteiger partial charge on any atom is 0.336 e. The lowest BCUT2D eigenvalue weighted by Gasteiger charge is -2.08. The Balaban J connectivity index is 1.73. The zero-order valence-electron chi connectivity index (χ0n) is 13.1. The third kappa shape index (κ3) is 3.63. The highest BCUT2D eigenvalue weighted by Gasteiger charge is 2.05. The Morgan fingerprint density at radius 3 is 2.50 bits per heavy atom. The van der Waals surface area contributed by atoms with Crippen molar-refractivity contribution < 1.29 is 19.1 Å². The van der Waals surface area contributed by atoms with Crippen LogP contribution in [0.15, 0.2) is 57.7 Å². The van der Waals surface area contributed by atoms with E-state index in [0.29, 0.717) is 17.9 Å². The molecule has 0 bridgehead atoms. The molecule has 0 saturated carbocycles. The van der Waals surface area contributed by atoms with Crippen molar-refractivity contribution in [3.8, 4) is 5.75 Å². The van der Waals surface area contributed by atoms with Crippen molar-refractivity contribution in [1.29, 1.82) is 0 Å². The summed E-state index contributed by atoms with van der Waals surface area (Å²) in [6.45, 7) is 2.20. The van der Waals surface area contributed by atoms with Gasteiger partial charge in [0, 0.05) is 17.5 Å².